The first-order valence-electron chi connectivity index (χ1n) is 17.3. The number of likely N-dealkylation sites (tertiary alicyclic amines) is 1. The highest BCUT2D eigenvalue weighted by Crippen LogP contribution is 2.42. The standard InChI is InChI=1S/C19H28NO3.C18H34O2/c1-20(2)13-12-17(14-20)23-18(21)19(22,16-10-6-7-11-16)15-8-4-3-5-9-15;1-2-3-4-5-6-7-8-9-10-11-12-13-14-15-16-17-18(19)20/h3-5,8-9,16-17,22H,6-7,10-14H2,1-2H3;9-10H,2-8,11-17H2,1H3,(H,19,20)/q+1;/p-1/b;10-9-. The maximum Gasteiger partial charge on any atom is 0.343 e. The average Bonchev–Trinajstić information content (AvgIpc) is 3.65. The van der Waals surface area contributed by atoms with Gasteiger partial charge in [0.1, 0.15) is 6.54 Å². The summed E-state index contributed by atoms with van der Waals surface area (Å²) in [4.78, 5) is 23.2. The summed E-state index contributed by atoms with van der Waals surface area (Å²) in [6.07, 6.45) is 25.6. The quantitative estimate of drug-likeness (QED) is 0.0785. The molecule has 2 aliphatic rings. The number of allylic oxidation sites excluding steroid dienone is 2. The SMILES string of the molecule is CCCCCCCC/C=C\CCCCCCCC(=O)[O-].C[N+]1(C)CCC(OC(=O)C(O)(c2ccccc2)C2CCCC2)C1. The third-order valence-electron chi connectivity index (χ3n) is 9.14. The fourth-order valence-electron chi connectivity index (χ4n) is 6.46. The number of carboxylic acid groups (broad SMARTS) is 1. The van der Waals surface area contributed by atoms with Crippen LogP contribution in [0.25, 0.3) is 0 Å². The summed E-state index contributed by atoms with van der Waals surface area (Å²) in [7, 11) is 4.29. The van der Waals surface area contributed by atoms with Crippen molar-refractivity contribution in [1.29, 1.82) is 0 Å². The van der Waals surface area contributed by atoms with Gasteiger partial charge in [-0.3, -0.25) is 0 Å². The van der Waals surface area contributed by atoms with Gasteiger partial charge in [-0.05, 0) is 56.9 Å². The zero-order valence-electron chi connectivity index (χ0n) is 27.6. The second kappa shape index (κ2) is 20.7. The second-order valence-electron chi connectivity index (χ2n) is 13.5. The Bertz CT molecular complexity index is 924. The molecule has 43 heavy (non-hydrogen) atoms. The number of carbonyl (C=O) groups excluding carboxylic acids is 2. The third kappa shape index (κ3) is 14.4. The number of hydrogen-bond acceptors (Lipinski definition) is 5. The van der Waals surface area contributed by atoms with Crippen LogP contribution in [0.1, 0.15) is 134 Å². The van der Waals surface area contributed by atoms with Crippen LogP contribution in [0.3, 0.4) is 0 Å². The number of unbranched alkanes of at least 4 members (excludes halogenated alkanes) is 11. The summed E-state index contributed by atoms with van der Waals surface area (Å²) in [5.74, 6) is -1.41. The highest BCUT2D eigenvalue weighted by atomic mass is 16.6. The van der Waals surface area contributed by atoms with E-state index in [1.165, 1.54) is 64.2 Å². The second-order valence-corrected chi connectivity index (χ2v) is 13.5. The number of benzene rings is 1. The summed E-state index contributed by atoms with van der Waals surface area (Å²) in [6, 6.07) is 9.33. The molecule has 1 saturated carbocycles. The molecule has 1 saturated heterocycles. The minimum atomic E-state index is -1.50. The molecule has 1 N–H and O–H groups in total. The molecule has 0 bridgehead atoms. The Morgan fingerprint density at radius 3 is 1.98 bits per heavy atom. The number of carbonyl (C=O) groups is 2. The van der Waals surface area contributed by atoms with Crippen LogP contribution in [0.15, 0.2) is 42.5 Å². The topological polar surface area (TPSA) is 86.7 Å². The molecule has 1 aromatic carbocycles. The summed E-state index contributed by atoms with van der Waals surface area (Å²) in [5, 5.41) is 21.6. The van der Waals surface area contributed by atoms with Crippen LogP contribution < -0.4 is 5.11 Å². The number of aliphatic carboxylic acids is 1. The van der Waals surface area contributed by atoms with Crippen molar-refractivity contribution in [2.75, 3.05) is 27.2 Å². The molecule has 6 nitrogen and oxygen atoms in total. The molecule has 1 heterocycles. The Morgan fingerprint density at radius 1 is 0.884 bits per heavy atom. The van der Waals surface area contributed by atoms with Gasteiger partial charge in [0.25, 0.3) is 0 Å². The van der Waals surface area contributed by atoms with E-state index in [0.29, 0.717) is 5.56 Å². The number of esters is 1. The number of carboxylic acids is 1. The molecule has 2 fully saturated rings. The van der Waals surface area contributed by atoms with Crippen molar-refractivity contribution in [3.63, 3.8) is 0 Å². The van der Waals surface area contributed by atoms with Crippen molar-refractivity contribution in [2.45, 2.75) is 141 Å². The van der Waals surface area contributed by atoms with Crippen LogP contribution in [0.2, 0.25) is 0 Å². The van der Waals surface area contributed by atoms with Gasteiger partial charge in [0.2, 0.25) is 0 Å². The summed E-state index contributed by atoms with van der Waals surface area (Å²) in [5.41, 5.74) is -0.832. The van der Waals surface area contributed by atoms with Gasteiger partial charge in [0.15, 0.2) is 11.7 Å². The summed E-state index contributed by atoms with van der Waals surface area (Å²) >= 11 is 0. The summed E-state index contributed by atoms with van der Waals surface area (Å²) in [6.45, 7) is 4.08. The van der Waals surface area contributed by atoms with E-state index in [1.54, 1.807) is 0 Å². The molecule has 244 valence electrons. The van der Waals surface area contributed by atoms with Crippen molar-refractivity contribution in [3.05, 3.63) is 48.0 Å². The molecule has 1 aliphatic carbocycles. The van der Waals surface area contributed by atoms with Crippen molar-refractivity contribution < 1.29 is 29.0 Å². The number of ether oxygens (including phenoxy) is 1. The van der Waals surface area contributed by atoms with Gasteiger partial charge in [0, 0.05) is 18.3 Å². The first kappa shape index (κ1) is 37.0. The van der Waals surface area contributed by atoms with E-state index >= 15 is 0 Å². The van der Waals surface area contributed by atoms with Crippen LogP contribution in [0.5, 0.6) is 0 Å². The Morgan fingerprint density at radius 2 is 1.44 bits per heavy atom. The van der Waals surface area contributed by atoms with E-state index in [4.69, 9.17) is 4.74 Å². The lowest BCUT2D eigenvalue weighted by Gasteiger charge is -2.33. The highest BCUT2D eigenvalue weighted by Gasteiger charge is 2.49. The van der Waals surface area contributed by atoms with Crippen LogP contribution in [0.4, 0.5) is 0 Å². The van der Waals surface area contributed by atoms with E-state index in [2.05, 4.69) is 33.2 Å². The largest absolute Gasteiger partial charge is 0.550 e. The number of aliphatic hydroxyl groups is 1. The maximum atomic E-state index is 12.9. The molecule has 2 unspecified atom stereocenters. The predicted molar refractivity (Wildman–Crippen MR) is 173 cm³/mol. The minimum Gasteiger partial charge on any atom is -0.550 e. The maximum absolute atomic E-state index is 12.9. The van der Waals surface area contributed by atoms with E-state index < -0.39 is 17.5 Å². The average molecular weight is 600 g/mol. The van der Waals surface area contributed by atoms with Crippen molar-refractivity contribution in [3.8, 4) is 0 Å². The third-order valence-corrected chi connectivity index (χ3v) is 9.14. The van der Waals surface area contributed by atoms with E-state index in [1.807, 2.05) is 30.3 Å². The molecule has 3 rings (SSSR count). The molecular weight excluding hydrogens is 538 g/mol. The smallest absolute Gasteiger partial charge is 0.343 e. The van der Waals surface area contributed by atoms with Crippen molar-refractivity contribution in [2.24, 2.45) is 5.92 Å². The van der Waals surface area contributed by atoms with Gasteiger partial charge >= 0.3 is 5.97 Å². The lowest BCUT2D eigenvalue weighted by Crippen LogP contribution is -2.46. The number of quaternary nitrogens is 1. The molecule has 0 radical (unpaired) electrons. The lowest BCUT2D eigenvalue weighted by atomic mass is 9.80. The monoisotopic (exact) mass is 599 g/mol. The molecule has 1 aromatic rings. The number of nitrogens with zero attached hydrogens (tertiary/aromatic N) is 1. The van der Waals surface area contributed by atoms with Crippen LogP contribution in [0, 0.1) is 5.92 Å². The Kier molecular flexibility index (Phi) is 17.8. The zero-order chi connectivity index (χ0) is 31.4. The number of likely N-dealkylation sites (N-methyl/N-ethyl adjacent to an activating group) is 1. The van der Waals surface area contributed by atoms with Crippen molar-refractivity contribution in [1.82, 2.24) is 0 Å². The van der Waals surface area contributed by atoms with Gasteiger partial charge in [-0.2, -0.15) is 0 Å². The van der Waals surface area contributed by atoms with Gasteiger partial charge in [-0.25, -0.2) is 4.79 Å². The Hall–Kier alpha value is -2.18. The molecular formula is C37H61NO5. The fraction of sp³-hybridized carbons (Fsp3) is 0.730. The minimum absolute atomic E-state index is 0.0405. The molecule has 6 heteroatoms. The van der Waals surface area contributed by atoms with E-state index in [0.717, 1.165) is 68.9 Å². The number of rotatable bonds is 19. The van der Waals surface area contributed by atoms with E-state index in [-0.39, 0.29) is 18.4 Å². The fourth-order valence-corrected chi connectivity index (χ4v) is 6.46. The van der Waals surface area contributed by atoms with Gasteiger partial charge in [-0.1, -0.05) is 114 Å². The van der Waals surface area contributed by atoms with Gasteiger partial charge in [0.05, 0.1) is 20.6 Å². The first-order valence-corrected chi connectivity index (χ1v) is 17.3. The van der Waals surface area contributed by atoms with Crippen molar-refractivity contribution >= 4 is 11.9 Å². The molecule has 1 aliphatic heterocycles. The zero-order valence-corrected chi connectivity index (χ0v) is 27.6. The van der Waals surface area contributed by atoms with Gasteiger partial charge in [-0.15, -0.1) is 0 Å². The predicted octanol–water partition coefficient (Wildman–Crippen LogP) is 7.23. The first-order chi connectivity index (χ1) is 20.7. The molecule has 0 spiro atoms. The lowest BCUT2D eigenvalue weighted by molar-refractivity contribution is -0.879. The number of hydrogen-bond donors (Lipinski definition) is 1. The normalized spacial score (nSPS) is 19.6. The highest BCUT2D eigenvalue weighted by molar-refractivity contribution is 5.81. The van der Waals surface area contributed by atoms with Gasteiger partial charge < -0.3 is 24.2 Å². The Balaban J connectivity index is 0.000000304. The summed E-state index contributed by atoms with van der Waals surface area (Å²) < 4.78 is 6.64. The van der Waals surface area contributed by atoms with E-state index in [9.17, 15) is 19.8 Å². The Labute approximate surface area is 262 Å². The molecule has 0 amide bonds. The molecule has 2 atom stereocenters. The molecule has 0 aromatic heterocycles. The van der Waals surface area contributed by atoms with Crippen LogP contribution >= 0.6 is 0 Å². The van der Waals surface area contributed by atoms with Crippen LogP contribution in [-0.2, 0) is 19.9 Å². The van der Waals surface area contributed by atoms with Crippen LogP contribution in [-0.4, -0.2) is 54.8 Å².